The predicted molar refractivity (Wildman–Crippen MR) is 124 cm³/mol. The van der Waals surface area contributed by atoms with Crippen LogP contribution in [0.3, 0.4) is 0 Å². The van der Waals surface area contributed by atoms with Gasteiger partial charge in [0.2, 0.25) is 5.91 Å². The molecule has 0 bridgehead atoms. The summed E-state index contributed by atoms with van der Waals surface area (Å²) in [6.07, 6.45) is 0. The van der Waals surface area contributed by atoms with Gasteiger partial charge in [-0.05, 0) is 47.9 Å². The Kier molecular flexibility index (Phi) is 6.29. The maximum Gasteiger partial charge on any atom is 0.321 e. The number of hydrogen-bond acceptors (Lipinski definition) is 3. The molecule has 1 unspecified atom stereocenters. The van der Waals surface area contributed by atoms with Crippen molar-refractivity contribution in [3.63, 3.8) is 0 Å². The Labute approximate surface area is 182 Å². The molecule has 0 aliphatic carbocycles. The number of urea groups is 1. The second-order valence-electron chi connectivity index (χ2n) is 7.57. The Bertz CT molecular complexity index is 1030. The molecule has 3 aromatic carbocycles. The van der Waals surface area contributed by atoms with Gasteiger partial charge in [-0.1, -0.05) is 54.6 Å². The first-order chi connectivity index (χ1) is 15.1. The second kappa shape index (κ2) is 9.45. The Balaban J connectivity index is 1.28. The summed E-state index contributed by atoms with van der Waals surface area (Å²) in [5, 5.41) is 8.97. The SMILES string of the molecule is CC(NCC(=O)Nc1ccc(-c2ccccc2)cc1)c1ccc(N2CCNC2=O)cc1. The van der Waals surface area contributed by atoms with E-state index in [0.29, 0.717) is 13.1 Å². The van der Waals surface area contributed by atoms with E-state index in [2.05, 4.69) is 28.1 Å². The summed E-state index contributed by atoms with van der Waals surface area (Å²) in [6, 6.07) is 25.8. The fraction of sp³-hybridized carbons (Fsp3) is 0.200. The standard InChI is InChI=1S/C25H26N4O2/c1-18(19-9-13-23(14-10-19)29-16-15-26-25(29)31)27-17-24(30)28-22-11-7-21(8-12-22)20-5-3-2-4-6-20/h2-14,18,27H,15-17H2,1H3,(H,26,31)(H,28,30). The summed E-state index contributed by atoms with van der Waals surface area (Å²) >= 11 is 0. The van der Waals surface area contributed by atoms with Crippen molar-refractivity contribution in [1.82, 2.24) is 10.6 Å². The van der Waals surface area contributed by atoms with Gasteiger partial charge in [0.1, 0.15) is 0 Å². The van der Waals surface area contributed by atoms with E-state index in [1.54, 1.807) is 4.90 Å². The zero-order valence-electron chi connectivity index (χ0n) is 17.5. The molecule has 1 aliphatic heterocycles. The molecule has 0 aromatic heterocycles. The van der Waals surface area contributed by atoms with Crippen molar-refractivity contribution in [3.8, 4) is 11.1 Å². The summed E-state index contributed by atoms with van der Waals surface area (Å²) in [5.74, 6) is -0.0929. The second-order valence-corrected chi connectivity index (χ2v) is 7.57. The molecular weight excluding hydrogens is 388 g/mol. The first-order valence-corrected chi connectivity index (χ1v) is 10.4. The largest absolute Gasteiger partial charge is 0.336 e. The number of carbonyl (C=O) groups excluding carboxylic acids is 2. The fourth-order valence-electron chi connectivity index (χ4n) is 3.61. The van der Waals surface area contributed by atoms with Crippen molar-refractivity contribution in [3.05, 3.63) is 84.4 Å². The van der Waals surface area contributed by atoms with Crippen LogP contribution in [0.25, 0.3) is 11.1 Å². The van der Waals surface area contributed by atoms with Crippen molar-refractivity contribution in [1.29, 1.82) is 0 Å². The minimum absolute atomic E-state index is 0.00709. The molecule has 3 N–H and O–H groups in total. The highest BCUT2D eigenvalue weighted by molar-refractivity contribution is 5.94. The summed E-state index contributed by atoms with van der Waals surface area (Å²) in [6.45, 7) is 3.57. The van der Waals surface area contributed by atoms with Gasteiger partial charge in [-0.25, -0.2) is 4.79 Å². The van der Waals surface area contributed by atoms with Crippen LogP contribution in [-0.4, -0.2) is 31.6 Å². The third kappa shape index (κ3) is 5.10. The maximum atomic E-state index is 12.3. The number of carbonyl (C=O) groups is 2. The topological polar surface area (TPSA) is 73.5 Å². The monoisotopic (exact) mass is 414 g/mol. The summed E-state index contributed by atoms with van der Waals surface area (Å²) < 4.78 is 0. The van der Waals surface area contributed by atoms with Crippen molar-refractivity contribution in [2.75, 3.05) is 29.9 Å². The van der Waals surface area contributed by atoms with Gasteiger partial charge in [-0.15, -0.1) is 0 Å². The van der Waals surface area contributed by atoms with Crippen molar-refractivity contribution in [2.45, 2.75) is 13.0 Å². The number of hydrogen-bond donors (Lipinski definition) is 3. The van der Waals surface area contributed by atoms with Crippen LogP contribution in [0.4, 0.5) is 16.2 Å². The number of nitrogens with one attached hydrogen (secondary N) is 3. The molecule has 1 fully saturated rings. The van der Waals surface area contributed by atoms with E-state index >= 15 is 0 Å². The number of nitrogens with zero attached hydrogens (tertiary/aromatic N) is 1. The molecule has 6 nitrogen and oxygen atoms in total. The van der Waals surface area contributed by atoms with Crippen LogP contribution in [0.5, 0.6) is 0 Å². The maximum absolute atomic E-state index is 12.3. The fourth-order valence-corrected chi connectivity index (χ4v) is 3.61. The van der Waals surface area contributed by atoms with E-state index < -0.39 is 0 Å². The van der Waals surface area contributed by atoms with Gasteiger partial charge in [0.15, 0.2) is 0 Å². The highest BCUT2D eigenvalue weighted by atomic mass is 16.2. The van der Waals surface area contributed by atoms with Crippen LogP contribution >= 0.6 is 0 Å². The van der Waals surface area contributed by atoms with Gasteiger partial charge in [0, 0.05) is 30.5 Å². The van der Waals surface area contributed by atoms with Gasteiger partial charge < -0.3 is 16.0 Å². The lowest BCUT2D eigenvalue weighted by molar-refractivity contribution is -0.115. The van der Waals surface area contributed by atoms with Gasteiger partial charge in [0.05, 0.1) is 6.54 Å². The normalized spacial score (nSPS) is 14.2. The quantitative estimate of drug-likeness (QED) is 0.543. The molecule has 158 valence electrons. The van der Waals surface area contributed by atoms with Crippen molar-refractivity contribution >= 4 is 23.3 Å². The van der Waals surface area contributed by atoms with Gasteiger partial charge in [-0.3, -0.25) is 9.69 Å². The lowest BCUT2D eigenvalue weighted by Crippen LogP contribution is -2.30. The summed E-state index contributed by atoms with van der Waals surface area (Å²) in [5.41, 5.74) is 4.96. The first kappa shape index (κ1) is 20.6. The zero-order valence-corrected chi connectivity index (χ0v) is 17.5. The summed E-state index contributed by atoms with van der Waals surface area (Å²) in [4.78, 5) is 25.8. The van der Waals surface area contributed by atoms with E-state index in [-0.39, 0.29) is 24.5 Å². The van der Waals surface area contributed by atoms with Gasteiger partial charge >= 0.3 is 6.03 Å². The zero-order chi connectivity index (χ0) is 21.6. The molecule has 6 heteroatoms. The molecule has 4 rings (SSSR count). The highest BCUT2D eigenvalue weighted by Crippen LogP contribution is 2.22. The Morgan fingerprint density at radius 3 is 2.29 bits per heavy atom. The third-order valence-corrected chi connectivity index (χ3v) is 5.41. The van der Waals surface area contributed by atoms with Gasteiger partial charge in [0.25, 0.3) is 0 Å². The van der Waals surface area contributed by atoms with Crippen LogP contribution in [0.1, 0.15) is 18.5 Å². The molecule has 0 spiro atoms. The summed E-state index contributed by atoms with van der Waals surface area (Å²) in [7, 11) is 0. The molecule has 1 saturated heterocycles. The minimum atomic E-state index is -0.0929. The lowest BCUT2D eigenvalue weighted by atomic mass is 10.1. The van der Waals surface area contributed by atoms with Crippen LogP contribution in [0.2, 0.25) is 0 Å². The molecule has 1 heterocycles. The number of benzene rings is 3. The third-order valence-electron chi connectivity index (χ3n) is 5.41. The Hall–Kier alpha value is -3.64. The van der Waals surface area contributed by atoms with Crippen molar-refractivity contribution < 1.29 is 9.59 Å². The highest BCUT2D eigenvalue weighted by Gasteiger charge is 2.21. The lowest BCUT2D eigenvalue weighted by Gasteiger charge is -2.17. The van der Waals surface area contributed by atoms with E-state index in [4.69, 9.17) is 0 Å². The molecular formula is C25H26N4O2. The molecule has 0 radical (unpaired) electrons. The molecule has 31 heavy (non-hydrogen) atoms. The van der Waals surface area contributed by atoms with Crippen LogP contribution in [-0.2, 0) is 4.79 Å². The molecule has 0 saturated carbocycles. The first-order valence-electron chi connectivity index (χ1n) is 10.4. The average Bonchev–Trinajstić information content (AvgIpc) is 3.24. The molecule has 3 aromatic rings. The number of anilines is 2. The number of rotatable bonds is 7. The van der Waals surface area contributed by atoms with E-state index in [9.17, 15) is 9.59 Å². The molecule has 1 aliphatic rings. The number of amides is 3. The average molecular weight is 415 g/mol. The van der Waals surface area contributed by atoms with Crippen LogP contribution in [0.15, 0.2) is 78.9 Å². The smallest absolute Gasteiger partial charge is 0.321 e. The van der Waals surface area contributed by atoms with E-state index in [1.165, 1.54) is 0 Å². The Morgan fingerprint density at radius 1 is 0.968 bits per heavy atom. The molecule has 1 atom stereocenters. The minimum Gasteiger partial charge on any atom is -0.336 e. The predicted octanol–water partition coefficient (Wildman–Crippen LogP) is 4.17. The van der Waals surface area contributed by atoms with Crippen molar-refractivity contribution in [2.24, 2.45) is 0 Å². The van der Waals surface area contributed by atoms with Crippen LogP contribution < -0.4 is 20.9 Å². The van der Waals surface area contributed by atoms with Gasteiger partial charge in [-0.2, -0.15) is 0 Å². The Morgan fingerprint density at radius 2 is 1.65 bits per heavy atom. The van der Waals surface area contributed by atoms with E-state index in [0.717, 1.165) is 28.1 Å². The van der Waals surface area contributed by atoms with E-state index in [1.807, 2.05) is 73.7 Å². The van der Waals surface area contributed by atoms with Crippen LogP contribution in [0, 0.1) is 0 Å². The molecule has 3 amide bonds.